The molecule has 0 saturated heterocycles. The molecule has 8 heteroatoms. The number of hydrogen-bond donors (Lipinski definition) is 1. The number of nitrogens with zero attached hydrogens (tertiary/aromatic N) is 4. The van der Waals surface area contributed by atoms with E-state index < -0.39 is 0 Å². The van der Waals surface area contributed by atoms with Crippen LogP contribution in [0, 0.1) is 12.7 Å². The average Bonchev–Trinajstić information content (AvgIpc) is 2.95. The summed E-state index contributed by atoms with van der Waals surface area (Å²) < 4.78 is 18.0. The number of benzene rings is 1. The molecule has 132 valence electrons. The van der Waals surface area contributed by atoms with E-state index in [1.165, 1.54) is 12.1 Å². The molecule has 0 atom stereocenters. The molecule has 24 heavy (non-hydrogen) atoms. The number of halogens is 2. The number of hydrogen-bond acceptors (Lipinski definition) is 4. The number of aryl methyl sites for hydroxylation is 2. The van der Waals surface area contributed by atoms with Crippen molar-refractivity contribution in [3.63, 3.8) is 0 Å². The van der Waals surface area contributed by atoms with Gasteiger partial charge in [0.25, 0.3) is 0 Å². The van der Waals surface area contributed by atoms with Crippen LogP contribution in [-0.4, -0.2) is 41.6 Å². The lowest BCUT2D eigenvalue weighted by molar-refractivity contribution is 0.371. The Labute approximate surface area is 158 Å². The summed E-state index contributed by atoms with van der Waals surface area (Å²) in [5, 5.41) is 7.05. The molecule has 0 amide bonds. The molecule has 0 bridgehead atoms. The van der Waals surface area contributed by atoms with Crippen molar-refractivity contribution in [3.05, 3.63) is 47.4 Å². The summed E-state index contributed by atoms with van der Waals surface area (Å²) in [6.07, 6.45) is 1.59. The van der Waals surface area contributed by atoms with E-state index in [2.05, 4.69) is 20.4 Å². The largest absolute Gasteiger partial charge is 0.356 e. The summed E-state index contributed by atoms with van der Waals surface area (Å²) in [5.41, 5.74) is 1.03. The SMILES string of the molecule is CN=C(NCCCc1nc(C)no1)N(C)Cc1ccc(F)cc1.I. The molecule has 1 aromatic carbocycles. The molecule has 6 nitrogen and oxygen atoms in total. The molecule has 1 heterocycles. The van der Waals surface area contributed by atoms with Crippen LogP contribution in [0.1, 0.15) is 23.7 Å². The molecule has 0 aliphatic rings. The van der Waals surface area contributed by atoms with E-state index in [1.807, 2.05) is 11.9 Å². The Kier molecular flexibility index (Phi) is 8.66. The molecule has 1 aromatic heterocycles. The third-order valence-electron chi connectivity index (χ3n) is 3.33. The third-order valence-corrected chi connectivity index (χ3v) is 3.33. The first-order valence-electron chi connectivity index (χ1n) is 7.54. The van der Waals surface area contributed by atoms with Gasteiger partial charge < -0.3 is 14.7 Å². The molecule has 0 unspecified atom stereocenters. The Balaban J connectivity index is 0.00000288. The van der Waals surface area contributed by atoms with Crippen molar-refractivity contribution in [2.45, 2.75) is 26.3 Å². The summed E-state index contributed by atoms with van der Waals surface area (Å²) in [6.45, 7) is 3.21. The summed E-state index contributed by atoms with van der Waals surface area (Å²) in [5.74, 6) is 1.87. The number of aliphatic imine (C=N–C) groups is 1. The van der Waals surface area contributed by atoms with Crippen LogP contribution in [0.3, 0.4) is 0 Å². The van der Waals surface area contributed by atoms with E-state index in [0.717, 1.165) is 30.9 Å². The molecule has 0 fully saturated rings. The molecule has 0 saturated carbocycles. The van der Waals surface area contributed by atoms with Gasteiger partial charge in [-0.05, 0) is 31.0 Å². The fourth-order valence-electron chi connectivity index (χ4n) is 2.20. The molecule has 0 spiro atoms. The predicted octanol–water partition coefficient (Wildman–Crippen LogP) is 2.78. The zero-order valence-corrected chi connectivity index (χ0v) is 16.5. The van der Waals surface area contributed by atoms with Crippen molar-refractivity contribution >= 4 is 29.9 Å². The molecular weight excluding hydrogens is 424 g/mol. The van der Waals surface area contributed by atoms with Crippen LogP contribution in [0.25, 0.3) is 0 Å². The van der Waals surface area contributed by atoms with Crippen LogP contribution in [0.2, 0.25) is 0 Å². The zero-order chi connectivity index (χ0) is 16.7. The number of guanidine groups is 1. The first-order chi connectivity index (χ1) is 11.1. The van der Waals surface area contributed by atoms with E-state index in [-0.39, 0.29) is 29.8 Å². The van der Waals surface area contributed by atoms with E-state index in [9.17, 15) is 4.39 Å². The number of nitrogens with one attached hydrogen (secondary N) is 1. The second-order valence-electron chi connectivity index (χ2n) is 5.30. The summed E-state index contributed by atoms with van der Waals surface area (Å²) in [6, 6.07) is 6.48. The number of aromatic nitrogens is 2. The normalized spacial score (nSPS) is 11.1. The van der Waals surface area contributed by atoms with E-state index in [4.69, 9.17) is 4.52 Å². The lowest BCUT2D eigenvalue weighted by Crippen LogP contribution is -2.39. The monoisotopic (exact) mass is 447 g/mol. The van der Waals surface area contributed by atoms with Gasteiger partial charge in [0.1, 0.15) is 5.82 Å². The van der Waals surface area contributed by atoms with Gasteiger partial charge in [-0.1, -0.05) is 17.3 Å². The van der Waals surface area contributed by atoms with E-state index in [0.29, 0.717) is 18.3 Å². The fraction of sp³-hybridized carbons (Fsp3) is 0.438. The highest BCUT2D eigenvalue weighted by molar-refractivity contribution is 14.0. The van der Waals surface area contributed by atoms with Gasteiger partial charge in [-0.25, -0.2) is 4.39 Å². The second-order valence-corrected chi connectivity index (χ2v) is 5.30. The van der Waals surface area contributed by atoms with Gasteiger partial charge in [-0.15, -0.1) is 24.0 Å². The van der Waals surface area contributed by atoms with Crippen molar-refractivity contribution in [2.24, 2.45) is 4.99 Å². The Morgan fingerprint density at radius 1 is 1.33 bits per heavy atom. The van der Waals surface area contributed by atoms with Gasteiger partial charge in [0, 0.05) is 33.6 Å². The van der Waals surface area contributed by atoms with Gasteiger partial charge in [-0.3, -0.25) is 4.99 Å². The summed E-state index contributed by atoms with van der Waals surface area (Å²) in [4.78, 5) is 10.4. The first-order valence-corrected chi connectivity index (χ1v) is 7.54. The van der Waals surface area contributed by atoms with Crippen LogP contribution in [-0.2, 0) is 13.0 Å². The lowest BCUT2D eigenvalue weighted by Gasteiger charge is -2.22. The van der Waals surface area contributed by atoms with Crippen LogP contribution in [0.5, 0.6) is 0 Å². The quantitative estimate of drug-likeness (QED) is 0.319. The standard InChI is InChI=1S/C16H22FN5O.HI/c1-12-20-15(23-21-12)5-4-10-19-16(18-2)22(3)11-13-6-8-14(17)9-7-13;/h6-9H,4-5,10-11H2,1-3H3,(H,18,19);1H. The fourth-order valence-corrected chi connectivity index (χ4v) is 2.20. The maximum atomic E-state index is 12.9. The maximum absolute atomic E-state index is 12.9. The zero-order valence-electron chi connectivity index (χ0n) is 14.1. The van der Waals surface area contributed by atoms with Crippen molar-refractivity contribution in [2.75, 3.05) is 20.6 Å². The van der Waals surface area contributed by atoms with E-state index in [1.54, 1.807) is 26.1 Å². The molecule has 1 N–H and O–H groups in total. The van der Waals surface area contributed by atoms with Crippen LogP contribution in [0.4, 0.5) is 4.39 Å². The topological polar surface area (TPSA) is 66.5 Å². The van der Waals surface area contributed by atoms with Gasteiger partial charge >= 0.3 is 0 Å². The van der Waals surface area contributed by atoms with Crippen molar-refractivity contribution in [1.29, 1.82) is 0 Å². The lowest BCUT2D eigenvalue weighted by atomic mass is 10.2. The first kappa shape index (κ1) is 20.3. The Morgan fingerprint density at radius 2 is 2.04 bits per heavy atom. The Bertz CT molecular complexity index is 644. The molecule has 0 aliphatic heterocycles. The Morgan fingerprint density at radius 3 is 2.62 bits per heavy atom. The molecule has 2 aromatic rings. The minimum atomic E-state index is -0.227. The molecule has 0 aliphatic carbocycles. The molecule has 0 radical (unpaired) electrons. The third kappa shape index (κ3) is 6.42. The molecular formula is C16H23FIN5O. The predicted molar refractivity (Wildman–Crippen MR) is 102 cm³/mol. The average molecular weight is 447 g/mol. The van der Waals surface area contributed by atoms with Gasteiger partial charge in [0.05, 0.1) is 0 Å². The highest BCUT2D eigenvalue weighted by atomic mass is 127. The number of rotatable bonds is 6. The molecule has 2 rings (SSSR count). The minimum absolute atomic E-state index is 0. The summed E-state index contributed by atoms with van der Waals surface area (Å²) in [7, 11) is 3.69. The highest BCUT2D eigenvalue weighted by Crippen LogP contribution is 2.06. The van der Waals surface area contributed by atoms with E-state index >= 15 is 0 Å². The smallest absolute Gasteiger partial charge is 0.226 e. The van der Waals surface area contributed by atoms with Crippen molar-refractivity contribution < 1.29 is 8.91 Å². The highest BCUT2D eigenvalue weighted by Gasteiger charge is 2.07. The second kappa shape index (κ2) is 10.2. The Hall–Kier alpha value is -1.71. The maximum Gasteiger partial charge on any atom is 0.226 e. The minimum Gasteiger partial charge on any atom is -0.356 e. The van der Waals surface area contributed by atoms with Crippen molar-refractivity contribution in [1.82, 2.24) is 20.4 Å². The van der Waals surface area contributed by atoms with Gasteiger partial charge in [-0.2, -0.15) is 4.98 Å². The van der Waals surface area contributed by atoms with Crippen molar-refractivity contribution in [3.8, 4) is 0 Å². The van der Waals surface area contributed by atoms with Crippen LogP contribution >= 0.6 is 24.0 Å². The summed E-state index contributed by atoms with van der Waals surface area (Å²) >= 11 is 0. The van der Waals surface area contributed by atoms with Gasteiger partial charge in [0.15, 0.2) is 11.8 Å². The van der Waals surface area contributed by atoms with Crippen LogP contribution < -0.4 is 5.32 Å². The van der Waals surface area contributed by atoms with Gasteiger partial charge in [0.2, 0.25) is 5.89 Å². The van der Waals surface area contributed by atoms with Crippen LogP contribution in [0.15, 0.2) is 33.8 Å².